The third-order valence-corrected chi connectivity index (χ3v) is 4.91. The predicted octanol–water partition coefficient (Wildman–Crippen LogP) is 4.16. The molecule has 0 fully saturated rings. The van der Waals surface area contributed by atoms with E-state index < -0.39 is 0 Å². The third kappa shape index (κ3) is 2.24. The van der Waals surface area contributed by atoms with Crippen LogP contribution in [-0.4, -0.2) is 16.2 Å². The van der Waals surface area contributed by atoms with Crippen LogP contribution in [0.3, 0.4) is 0 Å². The van der Waals surface area contributed by atoms with Gasteiger partial charge in [0.1, 0.15) is 0 Å². The minimum atomic E-state index is -0.107. The summed E-state index contributed by atoms with van der Waals surface area (Å²) in [6, 6.07) is 8.21. The maximum Gasteiger partial charge on any atom is 0.231 e. The number of rotatable bonds is 2. The lowest BCUT2D eigenvalue weighted by atomic mass is 9.90. The first kappa shape index (κ1) is 15.0. The maximum atomic E-state index is 9.29. The van der Waals surface area contributed by atoms with Crippen molar-refractivity contribution in [2.45, 2.75) is 32.6 Å². The summed E-state index contributed by atoms with van der Waals surface area (Å²) in [7, 11) is 0. The molecule has 0 saturated heterocycles. The summed E-state index contributed by atoms with van der Waals surface area (Å²) < 4.78 is 13.0. The minimum absolute atomic E-state index is 0.107. The lowest BCUT2D eigenvalue weighted by Gasteiger charge is -2.17. The summed E-state index contributed by atoms with van der Waals surface area (Å²) >= 11 is 1.59. The Bertz CT molecular complexity index is 973. The standard InChI is InChI=1S/C18H17N3O2S/c1-18(2,3)16-12(6-7-19)21-13(9-24-17(21)20-16)11-4-5-14-15(8-11)23-10-22-14/h4-5,8-9H,6,10H2,1-3H3. The number of nitrogens with zero attached hydrogens (tertiary/aromatic N) is 3. The van der Waals surface area contributed by atoms with Crippen molar-refractivity contribution >= 4 is 16.3 Å². The van der Waals surface area contributed by atoms with Gasteiger partial charge in [-0.05, 0) is 18.2 Å². The first-order valence-corrected chi connectivity index (χ1v) is 8.63. The summed E-state index contributed by atoms with van der Waals surface area (Å²) in [5.74, 6) is 1.52. The van der Waals surface area contributed by atoms with E-state index in [1.807, 2.05) is 18.2 Å². The molecule has 0 atom stereocenters. The average molecular weight is 339 g/mol. The van der Waals surface area contributed by atoms with E-state index in [4.69, 9.17) is 14.5 Å². The Kier molecular flexibility index (Phi) is 3.29. The van der Waals surface area contributed by atoms with Crippen molar-refractivity contribution in [2.24, 2.45) is 0 Å². The molecule has 0 unspecified atom stereocenters. The molecule has 0 amide bonds. The molecule has 0 spiro atoms. The van der Waals surface area contributed by atoms with Crippen LogP contribution >= 0.6 is 11.3 Å². The van der Waals surface area contributed by atoms with Crippen LogP contribution in [0.4, 0.5) is 0 Å². The largest absolute Gasteiger partial charge is 0.454 e. The quantitative estimate of drug-likeness (QED) is 0.703. The van der Waals surface area contributed by atoms with E-state index in [1.165, 1.54) is 0 Å². The number of imidazole rings is 1. The molecule has 0 N–H and O–H groups in total. The SMILES string of the molecule is CC(C)(C)c1nc2scc(-c3ccc4c(c3)OCO4)n2c1CC#N. The molecule has 2 aromatic heterocycles. The first-order chi connectivity index (χ1) is 11.5. The molecule has 4 rings (SSSR count). The van der Waals surface area contributed by atoms with Crippen LogP contribution in [0, 0.1) is 11.3 Å². The fraction of sp³-hybridized carbons (Fsp3) is 0.333. The van der Waals surface area contributed by atoms with Gasteiger partial charge in [-0.3, -0.25) is 4.40 Å². The van der Waals surface area contributed by atoms with Crippen LogP contribution in [0.5, 0.6) is 11.5 Å². The van der Waals surface area contributed by atoms with Crippen molar-refractivity contribution in [2.75, 3.05) is 6.79 Å². The van der Waals surface area contributed by atoms with Crippen molar-refractivity contribution in [1.29, 1.82) is 5.26 Å². The molecule has 5 nitrogen and oxygen atoms in total. The fourth-order valence-corrected chi connectivity index (χ4v) is 3.93. The highest BCUT2D eigenvalue weighted by atomic mass is 32.1. The molecule has 1 aromatic carbocycles. The molecule has 122 valence electrons. The highest BCUT2D eigenvalue weighted by Crippen LogP contribution is 2.38. The molecule has 0 aliphatic carbocycles. The van der Waals surface area contributed by atoms with Gasteiger partial charge in [0.2, 0.25) is 6.79 Å². The summed E-state index contributed by atoms with van der Waals surface area (Å²) in [5.41, 5.74) is 3.90. The van der Waals surface area contributed by atoms with E-state index >= 15 is 0 Å². The second kappa shape index (κ2) is 5.25. The number of hydrogen-bond donors (Lipinski definition) is 0. The highest BCUT2D eigenvalue weighted by Gasteiger charge is 2.26. The molecule has 1 aliphatic rings. The van der Waals surface area contributed by atoms with Crippen molar-refractivity contribution in [3.05, 3.63) is 35.0 Å². The molecule has 0 saturated carbocycles. The maximum absolute atomic E-state index is 9.29. The van der Waals surface area contributed by atoms with Crippen LogP contribution in [-0.2, 0) is 11.8 Å². The Labute approximate surface area is 144 Å². The van der Waals surface area contributed by atoms with Crippen LogP contribution in [0.1, 0.15) is 32.2 Å². The van der Waals surface area contributed by atoms with Gasteiger partial charge in [-0.1, -0.05) is 20.8 Å². The second-order valence-electron chi connectivity index (χ2n) is 6.80. The lowest BCUT2D eigenvalue weighted by molar-refractivity contribution is 0.174. The summed E-state index contributed by atoms with van der Waals surface area (Å²) in [4.78, 5) is 5.71. The molecule has 3 heterocycles. The average Bonchev–Trinajstić information content (AvgIpc) is 3.21. The van der Waals surface area contributed by atoms with Gasteiger partial charge in [-0.15, -0.1) is 11.3 Å². The molecule has 24 heavy (non-hydrogen) atoms. The van der Waals surface area contributed by atoms with Gasteiger partial charge < -0.3 is 9.47 Å². The number of ether oxygens (including phenoxy) is 2. The van der Waals surface area contributed by atoms with E-state index in [0.29, 0.717) is 6.42 Å². The Hall–Kier alpha value is -2.52. The summed E-state index contributed by atoms with van der Waals surface area (Å²) in [6.07, 6.45) is 0.335. The van der Waals surface area contributed by atoms with Crippen molar-refractivity contribution < 1.29 is 9.47 Å². The van der Waals surface area contributed by atoms with E-state index in [2.05, 4.69) is 36.6 Å². The molecule has 1 aliphatic heterocycles. The fourth-order valence-electron chi connectivity index (χ4n) is 3.01. The van der Waals surface area contributed by atoms with Crippen LogP contribution in [0.2, 0.25) is 0 Å². The minimum Gasteiger partial charge on any atom is -0.454 e. The van der Waals surface area contributed by atoms with Gasteiger partial charge in [0.25, 0.3) is 0 Å². The number of aromatic nitrogens is 2. The highest BCUT2D eigenvalue weighted by molar-refractivity contribution is 7.15. The van der Waals surface area contributed by atoms with Crippen molar-refractivity contribution in [3.63, 3.8) is 0 Å². The smallest absolute Gasteiger partial charge is 0.231 e. The molecular formula is C18H17N3O2S. The van der Waals surface area contributed by atoms with E-state index in [1.54, 1.807) is 11.3 Å². The molecule has 0 bridgehead atoms. The molecular weight excluding hydrogens is 322 g/mol. The monoisotopic (exact) mass is 339 g/mol. The zero-order valence-electron chi connectivity index (χ0n) is 13.8. The van der Waals surface area contributed by atoms with E-state index in [9.17, 15) is 5.26 Å². The second-order valence-corrected chi connectivity index (χ2v) is 7.64. The number of nitriles is 1. The number of benzene rings is 1. The van der Waals surface area contributed by atoms with Crippen LogP contribution in [0.25, 0.3) is 16.2 Å². The van der Waals surface area contributed by atoms with Crippen LogP contribution in [0.15, 0.2) is 23.6 Å². The Morgan fingerprint density at radius 3 is 2.83 bits per heavy atom. The van der Waals surface area contributed by atoms with E-state index in [-0.39, 0.29) is 12.2 Å². The lowest BCUT2D eigenvalue weighted by Crippen LogP contribution is -2.15. The molecule has 3 aromatic rings. The predicted molar refractivity (Wildman–Crippen MR) is 92.6 cm³/mol. The van der Waals surface area contributed by atoms with Crippen molar-refractivity contribution in [3.8, 4) is 28.8 Å². The zero-order valence-corrected chi connectivity index (χ0v) is 14.6. The van der Waals surface area contributed by atoms with Gasteiger partial charge in [-0.25, -0.2) is 4.98 Å². The number of fused-ring (bicyclic) bond motifs is 2. The normalized spacial score (nSPS) is 13.4. The third-order valence-electron chi connectivity index (χ3n) is 4.08. The Balaban J connectivity index is 1.94. The van der Waals surface area contributed by atoms with Gasteiger partial charge in [0.05, 0.1) is 29.6 Å². The van der Waals surface area contributed by atoms with Gasteiger partial charge in [-0.2, -0.15) is 5.26 Å². The van der Waals surface area contributed by atoms with Crippen LogP contribution < -0.4 is 9.47 Å². The van der Waals surface area contributed by atoms with Crippen molar-refractivity contribution in [1.82, 2.24) is 9.38 Å². The topological polar surface area (TPSA) is 59.6 Å². The van der Waals surface area contributed by atoms with Gasteiger partial charge in [0.15, 0.2) is 16.5 Å². The molecule has 0 radical (unpaired) electrons. The van der Waals surface area contributed by atoms with E-state index in [0.717, 1.165) is 39.1 Å². The Morgan fingerprint density at radius 2 is 2.08 bits per heavy atom. The number of hydrogen-bond acceptors (Lipinski definition) is 5. The number of thiazole rings is 1. The summed E-state index contributed by atoms with van der Waals surface area (Å²) in [6.45, 7) is 6.64. The first-order valence-electron chi connectivity index (χ1n) is 7.75. The van der Waals surface area contributed by atoms with Gasteiger partial charge >= 0.3 is 0 Å². The zero-order chi connectivity index (χ0) is 16.9. The van der Waals surface area contributed by atoms with Gasteiger partial charge in [0, 0.05) is 16.4 Å². The summed E-state index contributed by atoms with van der Waals surface area (Å²) in [5, 5.41) is 11.4. The molecule has 6 heteroatoms. The Morgan fingerprint density at radius 1 is 1.29 bits per heavy atom.